The van der Waals surface area contributed by atoms with Crippen molar-refractivity contribution in [3.8, 4) is 0 Å². The minimum atomic E-state index is 0.311. The molecule has 0 amide bonds. The molecule has 2 heteroatoms. The lowest BCUT2D eigenvalue weighted by molar-refractivity contribution is 0.337. The number of thiophene rings is 1. The van der Waals surface area contributed by atoms with Crippen LogP contribution in [-0.2, 0) is 11.8 Å². The van der Waals surface area contributed by atoms with Gasteiger partial charge in [-0.25, -0.2) is 0 Å². The Kier molecular flexibility index (Phi) is 4.19. The average molecular weight is 299 g/mol. The maximum Gasteiger partial charge on any atom is 0.0325 e. The molecular formula is C19H25NS. The summed E-state index contributed by atoms with van der Waals surface area (Å²) in [4.78, 5) is 0. The quantitative estimate of drug-likeness (QED) is 0.830. The molecule has 0 saturated heterocycles. The summed E-state index contributed by atoms with van der Waals surface area (Å²) < 4.78 is 0. The van der Waals surface area contributed by atoms with Crippen molar-refractivity contribution in [2.75, 3.05) is 0 Å². The van der Waals surface area contributed by atoms with E-state index >= 15 is 0 Å². The highest BCUT2D eigenvalue weighted by atomic mass is 32.1. The monoisotopic (exact) mass is 299 g/mol. The molecule has 1 heterocycles. The van der Waals surface area contributed by atoms with Crippen molar-refractivity contribution in [1.29, 1.82) is 0 Å². The molecule has 21 heavy (non-hydrogen) atoms. The van der Waals surface area contributed by atoms with Crippen LogP contribution in [0.1, 0.15) is 56.3 Å². The van der Waals surface area contributed by atoms with Crippen molar-refractivity contribution in [3.63, 3.8) is 0 Å². The van der Waals surface area contributed by atoms with Crippen LogP contribution in [0.4, 0.5) is 0 Å². The highest BCUT2D eigenvalue weighted by Crippen LogP contribution is 2.41. The molecule has 0 aliphatic heterocycles. The van der Waals surface area contributed by atoms with Crippen LogP contribution < -0.4 is 5.32 Å². The highest BCUT2D eigenvalue weighted by molar-refractivity contribution is 7.07. The van der Waals surface area contributed by atoms with Gasteiger partial charge in [0, 0.05) is 12.1 Å². The Hall–Kier alpha value is -1.12. The zero-order valence-corrected chi connectivity index (χ0v) is 14.0. The normalized spacial score (nSPS) is 21.8. The van der Waals surface area contributed by atoms with Gasteiger partial charge in [-0.1, -0.05) is 38.1 Å². The van der Waals surface area contributed by atoms with Crippen molar-refractivity contribution in [2.24, 2.45) is 0 Å². The van der Waals surface area contributed by atoms with Gasteiger partial charge in [-0.3, -0.25) is 0 Å². The van der Waals surface area contributed by atoms with Gasteiger partial charge in [0.2, 0.25) is 0 Å². The summed E-state index contributed by atoms with van der Waals surface area (Å²) in [5.41, 5.74) is 4.79. The molecule has 1 aliphatic carbocycles. The van der Waals surface area contributed by atoms with Gasteiger partial charge in [0.05, 0.1) is 0 Å². The molecule has 0 fully saturated rings. The summed E-state index contributed by atoms with van der Waals surface area (Å²) in [6.45, 7) is 7.05. The van der Waals surface area contributed by atoms with E-state index in [1.807, 2.05) is 0 Å². The number of hydrogen-bond donors (Lipinski definition) is 1. The molecule has 0 bridgehead atoms. The highest BCUT2D eigenvalue weighted by Gasteiger charge is 2.32. The summed E-state index contributed by atoms with van der Waals surface area (Å²) in [6, 6.07) is 12.2. The fourth-order valence-corrected chi connectivity index (χ4v) is 4.23. The minimum Gasteiger partial charge on any atom is -0.307 e. The first kappa shape index (κ1) is 14.8. The molecule has 1 aromatic heterocycles. The second kappa shape index (κ2) is 5.94. The Bertz CT molecular complexity index is 585. The number of benzene rings is 1. The van der Waals surface area contributed by atoms with Gasteiger partial charge in [-0.2, -0.15) is 11.3 Å². The Morgan fingerprint density at radius 1 is 1.29 bits per heavy atom. The van der Waals surface area contributed by atoms with Crippen molar-refractivity contribution in [2.45, 2.75) is 57.5 Å². The average Bonchev–Trinajstić information content (AvgIpc) is 2.95. The van der Waals surface area contributed by atoms with Gasteiger partial charge >= 0.3 is 0 Å². The van der Waals surface area contributed by atoms with Gasteiger partial charge in [-0.05, 0) is 65.1 Å². The van der Waals surface area contributed by atoms with Crippen LogP contribution in [-0.4, -0.2) is 6.04 Å². The van der Waals surface area contributed by atoms with Gasteiger partial charge in [0.25, 0.3) is 0 Å². The Labute approximate surface area is 132 Å². The molecule has 1 aromatic carbocycles. The van der Waals surface area contributed by atoms with Crippen molar-refractivity contribution >= 4 is 11.3 Å². The van der Waals surface area contributed by atoms with Crippen molar-refractivity contribution in [3.05, 3.63) is 57.8 Å². The van der Waals surface area contributed by atoms with E-state index in [0.717, 1.165) is 6.42 Å². The van der Waals surface area contributed by atoms with Crippen LogP contribution in [0.2, 0.25) is 0 Å². The molecular weight excluding hydrogens is 274 g/mol. The zero-order chi connectivity index (χ0) is 14.9. The van der Waals surface area contributed by atoms with E-state index in [1.54, 1.807) is 11.3 Å². The molecule has 112 valence electrons. The molecule has 1 nitrogen and oxygen atoms in total. The lowest BCUT2D eigenvalue weighted by Crippen LogP contribution is -2.37. The predicted octanol–water partition coefficient (Wildman–Crippen LogP) is 5.08. The maximum atomic E-state index is 3.86. The second-order valence-corrected chi connectivity index (χ2v) is 7.75. The first-order chi connectivity index (χ1) is 10.1. The molecule has 1 N–H and O–H groups in total. The summed E-state index contributed by atoms with van der Waals surface area (Å²) in [6.07, 6.45) is 3.61. The summed E-state index contributed by atoms with van der Waals surface area (Å²) in [7, 11) is 0. The number of fused-ring (bicyclic) bond motifs is 1. The third-order valence-corrected chi connectivity index (χ3v) is 5.46. The van der Waals surface area contributed by atoms with E-state index in [4.69, 9.17) is 0 Å². The first-order valence-electron chi connectivity index (χ1n) is 7.93. The summed E-state index contributed by atoms with van der Waals surface area (Å²) in [5, 5.41) is 8.28. The second-order valence-electron chi connectivity index (χ2n) is 6.97. The fourth-order valence-electron chi connectivity index (χ4n) is 3.55. The molecule has 0 radical (unpaired) electrons. The lowest BCUT2D eigenvalue weighted by atomic mass is 9.71. The molecule has 0 saturated carbocycles. The molecule has 2 atom stereocenters. The van der Waals surface area contributed by atoms with Crippen LogP contribution >= 0.6 is 11.3 Å². The van der Waals surface area contributed by atoms with Crippen LogP contribution in [0.3, 0.4) is 0 Å². The van der Waals surface area contributed by atoms with Gasteiger partial charge in [-0.15, -0.1) is 0 Å². The summed E-state index contributed by atoms with van der Waals surface area (Å²) >= 11 is 1.79. The van der Waals surface area contributed by atoms with E-state index < -0.39 is 0 Å². The SMILES string of the molecule is CC(Cc1ccsc1)NC1CCC(C)(C)c2ccccc21. The van der Waals surface area contributed by atoms with Crippen molar-refractivity contribution < 1.29 is 0 Å². The minimum absolute atomic E-state index is 0.311. The van der Waals surface area contributed by atoms with E-state index in [9.17, 15) is 0 Å². The zero-order valence-electron chi connectivity index (χ0n) is 13.2. The molecule has 2 unspecified atom stereocenters. The van der Waals surface area contributed by atoms with E-state index in [0.29, 0.717) is 17.5 Å². The maximum absolute atomic E-state index is 3.86. The van der Waals surface area contributed by atoms with Gasteiger partial charge in [0.15, 0.2) is 0 Å². The Balaban J connectivity index is 1.74. The third kappa shape index (κ3) is 3.22. The van der Waals surface area contributed by atoms with Crippen LogP contribution in [0.15, 0.2) is 41.1 Å². The number of hydrogen-bond acceptors (Lipinski definition) is 2. The third-order valence-electron chi connectivity index (χ3n) is 4.73. The van der Waals surface area contributed by atoms with Crippen LogP contribution in [0, 0.1) is 0 Å². The van der Waals surface area contributed by atoms with E-state index in [-0.39, 0.29) is 0 Å². The Morgan fingerprint density at radius 2 is 2.10 bits per heavy atom. The van der Waals surface area contributed by atoms with Crippen molar-refractivity contribution in [1.82, 2.24) is 5.32 Å². The molecule has 0 spiro atoms. The molecule has 2 aromatic rings. The van der Waals surface area contributed by atoms with E-state index in [2.05, 4.69) is 67.2 Å². The van der Waals surface area contributed by atoms with Crippen LogP contribution in [0.25, 0.3) is 0 Å². The topological polar surface area (TPSA) is 12.0 Å². The van der Waals surface area contributed by atoms with E-state index in [1.165, 1.54) is 29.5 Å². The summed E-state index contributed by atoms with van der Waals surface area (Å²) in [5.74, 6) is 0. The first-order valence-corrected chi connectivity index (χ1v) is 8.87. The number of nitrogens with one attached hydrogen (secondary N) is 1. The van der Waals surface area contributed by atoms with Gasteiger partial charge in [0.1, 0.15) is 0 Å². The fraction of sp³-hybridized carbons (Fsp3) is 0.474. The predicted molar refractivity (Wildman–Crippen MR) is 92.1 cm³/mol. The van der Waals surface area contributed by atoms with Gasteiger partial charge < -0.3 is 5.32 Å². The lowest BCUT2D eigenvalue weighted by Gasteiger charge is -2.38. The number of rotatable bonds is 4. The molecule has 3 rings (SSSR count). The standard InChI is InChI=1S/C19H25NS/c1-14(12-15-9-11-21-13-15)20-18-8-10-19(2,3)17-7-5-4-6-16(17)18/h4-7,9,11,13-14,18,20H,8,10,12H2,1-3H3. The largest absolute Gasteiger partial charge is 0.307 e. The smallest absolute Gasteiger partial charge is 0.0325 e. The molecule has 1 aliphatic rings. The Morgan fingerprint density at radius 3 is 2.86 bits per heavy atom. The van der Waals surface area contributed by atoms with Crippen LogP contribution in [0.5, 0.6) is 0 Å².